The molecule has 0 spiro atoms. The number of aromatic nitrogens is 2. The zero-order chi connectivity index (χ0) is 22.7. The summed E-state index contributed by atoms with van der Waals surface area (Å²) in [5.41, 5.74) is 0.0601. The highest BCUT2D eigenvalue weighted by Gasteiger charge is 2.23. The quantitative estimate of drug-likeness (QED) is 0.677. The van der Waals surface area contributed by atoms with E-state index >= 15 is 0 Å². The van der Waals surface area contributed by atoms with Gasteiger partial charge in [-0.25, -0.2) is 18.7 Å². The average molecular weight is 443 g/mol. The fourth-order valence-electron chi connectivity index (χ4n) is 3.96. The van der Waals surface area contributed by atoms with Crippen molar-refractivity contribution in [2.45, 2.75) is 6.92 Å². The predicted molar refractivity (Wildman–Crippen MR) is 121 cm³/mol. The monoisotopic (exact) mass is 442 g/mol. The van der Waals surface area contributed by atoms with E-state index in [1.807, 2.05) is 13.0 Å². The molecule has 7 nitrogen and oxygen atoms in total. The first-order valence-corrected chi connectivity index (χ1v) is 10.9. The minimum Gasteiger partial charge on any atom is -0.354 e. The van der Waals surface area contributed by atoms with Gasteiger partial charge in [-0.05, 0) is 38.2 Å². The molecule has 1 amide bonds. The second kappa shape index (κ2) is 9.60. The van der Waals surface area contributed by atoms with Crippen LogP contribution in [-0.2, 0) is 4.79 Å². The third-order valence-electron chi connectivity index (χ3n) is 5.92. The molecule has 9 heteroatoms. The van der Waals surface area contributed by atoms with Crippen LogP contribution in [0.15, 0.2) is 30.3 Å². The molecule has 1 aromatic heterocycles. The first kappa shape index (κ1) is 22.1. The zero-order valence-electron chi connectivity index (χ0n) is 18.5. The van der Waals surface area contributed by atoms with Crippen molar-refractivity contribution in [2.75, 3.05) is 69.2 Å². The highest BCUT2D eigenvalue weighted by Crippen LogP contribution is 2.22. The molecule has 4 rings (SSSR count). The van der Waals surface area contributed by atoms with Crippen molar-refractivity contribution in [2.24, 2.45) is 0 Å². The molecule has 2 aliphatic heterocycles. The van der Waals surface area contributed by atoms with Crippen molar-refractivity contribution >= 4 is 23.6 Å². The molecule has 2 fully saturated rings. The topological polar surface area (TPSA) is 55.8 Å². The molecule has 0 radical (unpaired) electrons. The lowest BCUT2D eigenvalue weighted by Gasteiger charge is -2.36. The number of nitrogens with zero attached hydrogens (tertiary/aromatic N) is 6. The van der Waals surface area contributed by atoms with Crippen molar-refractivity contribution in [3.8, 4) is 0 Å². The van der Waals surface area contributed by atoms with Gasteiger partial charge in [0.05, 0.1) is 0 Å². The smallest absolute Gasteiger partial charge is 0.246 e. The molecule has 32 heavy (non-hydrogen) atoms. The molecule has 0 aliphatic carbocycles. The summed E-state index contributed by atoms with van der Waals surface area (Å²) in [6.07, 6.45) is 2.62. The van der Waals surface area contributed by atoms with Crippen molar-refractivity contribution in [1.82, 2.24) is 19.8 Å². The summed E-state index contributed by atoms with van der Waals surface area (Å²) in [5, 5.41) is 0. The number of anilines is 2. The van der Waals surface area contributed by atoms with Gasteiger partial charge < -0.3 is 19.6 Å². The van der Waals surface area contributed by atoms with Crippen LogP contribution in [0, 0.1) is 18.6 Å². The van der Waals surface area contributed by atoms with Gasteiger partial charge in [-0.1, -0.05) is 0 Å². The zero-order valence-corrected chi connectivity index (χ0v) is 18.5. The van der Waals surface area contributed by atoms with E-state index in [1.165, 1.54) is 12.2 Å². The Morgan fingerprint density at radius 1 is 0.906 bits per heavy atom. The van der Waals surface area contributed by atoms with E-state index in [2.05, 4.69) is 31.7 Å². The number of hydrogen-bond acceptors (Lipinski definition) is 6. The van der Waals surface area contributed by atoms with Gasteiger partial charge in [0, 0.05) is 70.1 Å². The van der Waals surface area contributed by atoms with Crippen LogP contribution in [0.5, 0.6) is 0 Å². The van der Waals surface area contributed by atoms with Gasteiger partial charge in [0.2, 0.25) is 5.91 Å². The largest absolute Gasteiger partial charge is 0.354 e. The molecule has 170 valence electrons. The minimum atomic E-state index is -0.560. The van der Waals surface area contributed by atoms with E-state index in [0.29, 0.717) is 26.2 Å². The molecule has 1 aromatic carbocycles. The second-order valence-corrected chi connectivity index (χ2v) is 8.23. The minimum absolute atomic E-state index is 0.0601. The molecule has 2 aliphatic rings. The maximum absolute atomic E-state index is 13.8. The molecule has 0 N–H and O–H groups in total. The maximum Gasteiger partial charge on any atom is 0.246 e. The van der Waals surface area contributed by atoms with E-state index < -0.39 is 11.6 Å². The standard InChI is InChI=1S/C23H28F2N6O/c1-17-26-21(29-9-7-28(2)8-10-29)16-22(27-17)30-11-13-31(14-12-30)23(32)6-3-18-15-19(24)4-5-20(18)25/h3-6,15-16H,7-14H2,1-2H3/b6-3+. The number of piperazine rings is 2. The molecule has 0 atom stereocenters. The molecule has 0 unspecified atom stereocenters. The Kier molecular flexibility index (Phi) is 6.64. The Bertz CT molecular complexity index is 998. The molecule has 3 heterocycles. The SMILES string of the molecule is Cc1nc(N2CCN(C)CC2)cc(N2CCN(C(=O)/C=C/c3cc(F)ccc3F)CC2)n1. The molecular weight excluding hydrogens is 414 g/mol. The van der Waals surface area contributed by atoms with Crippen molar-refractivity contribution in [3.05, 3.63) is 53.4 Å². The van der Waals surface area contributed by atoms with E-state index in [9.17, 15) is 13.6 Å². The first-order valence-electron chi connectivity index (χ1n) is 10.9. The number of aryl methyl sites for hydroxylation is 1. The molecule has 0 saturated carbocycles. The number of carbonyl (C=O) groups excluding carboxylic acids is 1. The predicted octanol–water partition coefficient (Wildman–Crippen LogP) is 2.18. The lowest BCUT2D eigenvalue weighted by atomic mass is 10.2. The van der Waals surface area contributed by atoms with Crippen LogP contribution < -0.4 is 9.80 Å². The van der Waals surface area contributed by atoms with Gasteiger partial charge in [0.15, 0.2) is 0 Å². The fourth-order valence-corrected chi connectivity index (χ4v) is 3.96. The van der Waals surface area contributed by atoms with Crippen LogP contribution in [0.2, 0.25) is 0 Å². The van der Waals surface area contributed by atoms with E-state index in [-0.39, 0.29) is 11.5 Å². The summed E-state index contributed by atoms with van der Waals surface area (Å²) < 4.78 is 27.1. The third kappa shape index (κ3) is 5.21. The molecule has 2 saturated heterocycles. The second-order valence-electron chi connectivity index (χ2n) is 8.23. The van der Waals surface area contributed by atoms with E-state index in [1.54, 1.807) is 4.90 Å². The van der Waals surface area contributed by atoms with Crippen molar-refractivity contribution in [3.63, 3.8) is 0 Å². The Morgan fingerprint density at radius 2 is 1.50 bits per heavy atom. The van der Waals surface area contributed by atoms with Gasteiger partial charge in [-0.3, -0.25) is 4.79 Å². The fraction of sp³-hybridized carbons (Fsp3) is 0.435. The highest BCUT2D eigenvalue weighted by molar-refractivity contribution is 5.92. The number of carbonyl (C=O) groups is 1. The number of likely N-dealkylation sites (N-methyl/N-ethyl adjacent to an activating group) is 1. The summed E-state index contributed by atoms with van der Waals surface area (Å²) in [5.74, 6) is 1.23. The Morgan fingerprint density at radius 3 is 2.12 bits per heavy atom. The lowest BCUT2D eigenvalue weighted by Crippen LogP contribution is -2.49. The Hall–Kier alpha value is -3.07. The maximum atomic E-state index is 13.8. The summed E-state index contributed by atoms with van der Waals surface area (Å²) >= 11 is 0. The third-order valence-corrected chi connectivity index (χ3v) is 5.92. The van der Waals surface area contributed by atoms with Gasteiger partial charge in [-0.2, -0.15) is 0 Å². The summed E-state index contributed by atoms with van der Waals surface area (Å²) in [7, 11) is 2.12. The number of benzene rings is 1. The van der Waals surface area contributed by atoms with Crippen LogP contribution >= 0.6 is 0 Å². The first-order chi connectivity index (χ1) is 15.4. The van der Waals surface area contributed by atoms with Crippen LogP contribution in [0.1, 0.15) is 11.4 Å². The molecular formula is C23H28F2N6O. The van der Waals surface area contributed by atoms with E-state index in [4.69, 9.17) is 0 Å². The highest BCUT2D eigenvalue weighted by atomic mass is 19.1. The molecule has 2 aromatic rings. The van der Waals surface area contributed by atoms with Crippen LogP contribution in [0.25, 0.3) is 6.08 Å². The number of amides is 1. The number of rotatable bonds is 4. The average Bonchev–Trinajstić information content (AvgIpc) is 2.79. The van der Waals surface area contributed by atoms with Crippen LogP contribution in [-0.4, -0.2) is 85.1 Å². The number of halogens is 2. The Labute approximate surface area is 187 Å². The van der Waals surface area contributed by atoms with Crippen molar-refractivity contribution < 1.29 is 13.6 Å². The van der Waals surface area contributed by atoms with Crippen molar-refractivity contribution in [1.29, 1.82) is 0 Å². The van der Waals surface area contributed by atoms with Gasteiger partial charge >= 0.3 is 0 Å². The summed E-state index contributed by atoms with van der Waals surface area (Å²) in [6.45, 7) is 8.14. The van der Waals surface area contributed by atoms with Gasteiger partial charge in [0.1, 0.15) is 29.1 Å². The number of hydrogen-bond donors (Lipinski definition) is 0. The van der Waals surface area contributed by atoms with Gasteiger partial charge in [-0.15, -0.1) is 0 Å². The van der Waals surface area contributed by atoms with Crippen LogP contribution in [0.3, 0.4) is 0 Å². The van der Waals surface area contributed by atoms with E-state index in [0.717, 1.165) is 61.8 Å². The lowest BCUT2D eigenvalue weighted by molar-refractivity contribution is -0.126. The molecule has 0 bridgehead atoms. The summed E-state index contributed by atoms with van der Waals surface area (Å²) in [6, 6.07) is 5.21. The Balaban J connectivity index is 1.37. The van der Waals surface area contributed by atoms with Gasteiger partial charge in [0.25, 0.3) is 0 Å². The summed E-state index contributed by atoms with van der Waals surface area (Å²) in [4.78, 5) is 30.2. The van der Waals surface area contributed by atoms with Crippen LogP contribution in [0.4, 0.5) is 20.4 Å². The normalized spacial score (nSPS) is 17.9.